The second kappa shape index (κ2) is 5.93. The van der Waals surface area contributed by atoms with E-state index in [-0.39, 0.29) is 11.8 Å². The second-order valence-corrected chi connectivity index (χ2v) is 6.46. The van der Waals surface area contributed by atoms with Gasteiger partial charge in [0.15, 0.2) is 17.2 Å². The standard InChI is InChI=1S/C17H16ClN5O2/c1-9-2-5-11(19)15(18)16(9)25-14-7-6-13-20-12(8-23(13)22-14)21-17(24)10-3-4-10/h2,5-8,10H,3-4,19H2,1H3,(H,21,24). The van der Waals surface area contributed by atoms with E-state index in [1.165, 1.54) is 0 Å². The van der Waals surface area contributed by atoms with E-state index in [1.54, 1.807) is 28.9 Å². The van der Waals surface area contributed by atoms with E-state index >= 15 is 0 Å². The predicted octanol–water partition coefficient (Wildman–Crippen LogP) is 3.41. The fourth-order valence-corrected chi connectivity index (χ4v) is 2.70. The normalized spacial score (nSPS) is 13.8. The van der Waals surface area contributed by atoms with Gasteiger partial charge in [0.25, 0.3) is 0 Å². The van der Waals surface area contributed by atoms with Crippen LogP contribution in [0, 0.1) is 12.8 Å². The molecule has 2 aromatic heterocycles. The van der Waals surface area contributed by atoms with Crippen molar-refractivity contribution in [2.45, 2.75) is 19.8 Å². The number of aryl methyl sites for hydroxylation is 1. The number of carbonyl (C=O) groups is 1. The zero-order chi connectivity index (χ0) is 17.6. The van der Waals surface area contributed by atoms with Crippen LogP contribution in [-0.4, -0.2) is 20.5 Å². The molecular weight excluding hydrogens is 342 g/mol. The molecule has 1 aliphatic rings. The molecule has 2 heterocycles. The van der Waals surface area contributed by atoms with Gasteiger partial charge in [-0.15, -0.1) is 5.10 Å². The van der Waals surface area contributed by atoms with Crippen molar-refractivity contribution in [2.24, 2.45) is 5.92 Å². The Morgan fingerprint density at radius 2 is 2.16 bits per heavy atom. The van der Waals surface area contributed by atoms with Crippen molar-refractivity contribution in [2.75, 3.05) is 11.1 Å². The number of nitrogens with one attached hydrogen (secondary N) is 1. The first-order chi connectivity index (χ1) is 12.0. The zero-order valence-corrected chi connectivity index (χ0v) is 14.2. The first kappa shape index (κ1) is 15.7. The van der Waals surface area contributed by atoms with Gasteiger partial charge < -0.3 is 15.8 Å². The minimum absolute atomic E-state index is 0.00190. The number of nitrogen functional groups attached to an aromatic ring is 1. The first-order valence-corrected chi connectivity index (χ1v) is 8.29. The molecule has 1 aliphatic carbocycles. The minimum Gasteiger partial charge on any atom is -0.436 e. The molecule has 7 nitrogen and oxygen atoms in total. The smallest absolute Gasteiger partial charge is 0.237 e. The van der Waals surface area contributed by atoms with Gasteiger partial charge in [0, 0.05) is 12.0 Å². The number of rotatable bonds is 4. The molecule has 3 aromatic rings. The highest BCUT2D eigenvalue weighted by atomic mass is 35.5. The Hall–Kier alpha value is -2.80. The molecule has 0 aliphatic heterocycles. The third-order valence-electron chi connectivity index (χ3n) is 4.03. The monoisotopic (exact) mass is 357 g/mol. The largest absolute Gasteiger partial charge is 0.436 e. The molecule has 1 amide bonds. The molecule has 4 rings (SSSR count). The second-order valence-electron chi connectivity index (χ2n) is 6.08. The van der Waals surface area contributed by atoms with Crippen LogP contribution in [0.2, 0.25) is 5.02 Å². The highest BCUT2D eigenvalue weighted by molar-refractivity contribution is 6.34. The number of nitrogens with two attached hydrogens (primary N) is 1. The topological polar surface area (TPSA) is 94.5 Å². The quantitative estimate of drug-likeness (QED) is 0.698. The van der Waals surface area contributed by atoms with Gasteiger partial charge in [-0.3, -0.25) is 4.79 Å². The Kier molecular flexibility index (Phi) is 3.73. The number of anilines is 2. The van der Waals surface area contributed by atoms with Crippen LogP contribution < -0.4 is 15.8 Å². The van der Waals surface area contributed by atoms with E-state index < -0.39 is 0 Å². The highest BCUT2D eigenvalue weighted by Crippen LogP contribution is 2.36. The van der Waals surface area contributed by atoms with Crippen molar-refractivity contribution in [3.63, 3.8) is 0 Å². The molecule has 25 heavy (non-hydrogen) atoms. The Labute approximate surface area is 148 Å². The van der Waals surface area contributed by atoms with Crippen LogP contribution in [0.1, 0.15) is 18.4 Å². The van der Waals surface area contributed by atoms with E-state index in [2.05, 4.69) is 15.4 Å². The van der Waals surface area contributed by atoms with Crippen molar-refractivity contribution in [1.82, 2.24) is 14.6 Å². The summed E-state index contributed by atoms with van der Waals surface area (Å²) in [6, 6.07) is 7.00. The summed E-state index contributed by atoms with van der Waals surface area (Å²) in [5.41, 5.74) is 7.72. The lowest BCUT2D eigenvalue weighted by atomic mass is 10.2. The molecule has 3 N–H and O–H groups in total. The number of carbonyl (C=O) groups excluding carboxylic acids is 1. The van der Waals surface area contributed by atoms with E-state index in [0.717, 1.165) is 18.4 Å². The van der Waals surface area contributed by atoms with Gasteiger partial charge >= 0.3 is 0 Å². The van der Waals surface area contributed by atoms with Gasteiger partial charge in [-0.25, -0.2) is 9.50 Å². The number of benzene rings is 1. The summed E-state index contributed by atoms with van der Waals surface area (Å²) in [4.78, 5) is 16.2. The van der Waals surface area contributed by atoms with Crippen LogP contribution >= 0.6 is 11.6 Å². The van der Waals surface area contributed by atoms with Crippen molar-refractivity contribution >= 4 is 34.7 Å². The molecule has 8 heteroatoms. The summed E-state index contributed by atoms with van der Waals surface area (Å²) in [6.07, 6.45) is 3.53. The number of aromatic nitrogens is 3. The average molecular weight is 358 g/mol. The molecule has 0 radical (unpaired) electrons. The van der Waals surface area contributed by atoms with Crippen LogP contribution in [0.5, 0.6) is 11.6 Å². The maximum atomic E-state index is 11.8. The van der Waals surface area contributed by atoms with Crippen molar-refractivity contribution in [3.8, 4) is 11.6 Å². The number of halogens is 1. The molecule has 1 fully saturated rings. The van der Waals surface area contributed by atoms with Crippen LogP contribution in [0.3, 0.4) is 0 Å². The Bertz CT molecular complexity index is 981. The number of amides is 1. The lowest BCUT2D eigenvalue weighted by molar-refractivity contribution is -0.117. The summed E-state index contributed by atoms with van der Waals surface area (Å²) in [5, 5.41) is 7.50. The van der Waals surface area contributed by atoms with Crippen LogP contribution in [0.25, 0.3) is 5.65 Å². The number of ether oxygens (including phenoxy) is 1. The number of imidazole rings is 1. The van der Waals surface area contributed by atoms with Crippen molar-refractivity contribution < 1.29 is 9.53 Å². The van der Waals surface area contributed by atoms with E-state index in [1.807, 2.05) is 13.0 Å². The van der Waals surface area contributed by atoms with Crippen LogP contribution in [-0.2, 0) is 4.79 Å². The number of nitrogens with zero attached hydrogens (tertiary/aromatic N) is 3. The molecule has 0 atom stereocenters. The van der Waals surface area contributed by atoms with E-state index in [4.69, 9.17) is 22.1 Å². The summed E-state index contributed by atoms with van der Waals surface area (Å²) in [5.74, 6) is 1.41. The van der Waals surface area contributed by atoms with Gasteiger partial charge in [-0.05, 0) is 37.5 Å². The lowest BCUT2D eigenvalue weighted by Crippen LogP contribution is -2.13. The fraction of sp³-hybridized carbons (Fsp3) is 0.235. The van der Waals surface area contributed by atoms with Gasteiger partial charge in [-0.1, -0.05) is 17.7 Å². The van der Waals surface area contributed by atoms with Crippen LogP contribution in [0.15, 0.2) is 30.5 Å². The maximum absolute atomic E-state index is 11.8. The summed E-state index contributed by atoms with van der Waals surface area (Å²) >= 11 is 6.22. The van der Waals surface area contributed by atoms with Crippen molar-refractivity contribution in [3.05, 3.63) is 41.0 Å². The number of hydrogen-bond donors (Lipinski definition) is 2. The van der Waals surface area contributed by atoms with Gasteiger partial charge in [0.05, 0.1) is 11.9 Å². The summed E-state index contributed by atoms with van der Waals surface area (Å²) in [6.45, 7) is 1.88. The summed E-state index contributed by atoms with van der Waals surface area (Å²) in [7, 11) is 0. The van der Waals surface area contributed by atoms with Gasteiger partial charge in [-0.2, -0.15) is 0 Å². The molecule has 128 valence electrons. The highest BCUT2D eigenvalue weighted by Gasteiger charge is 2.30. The van der Waals surface area contributed by atoms with Crippen LogP contribution in [0.4, 0.5) is 11.5 Å². The zero-order valence-electron chi connectivity index (χ0n) is 13.5. The third-order valence-corrected chi connectivity index (χ3v) is 4.42. The Balaban J connectivity index is 1.61. The summed E-state index contributed by atoms with van der Waals surface area (Å²) < 4.78 is 7.36. The Morgan fingerprint density at radius 3 is 2.92 bits per heavy atom. The molecule has 0 saturated heterocycles. The van der Waals surface area contributed by atoms with E-state index in [9.17, 15) is 4.79 Å². The lowest BCUT2D eigenvalue weighted by Gasteiger charge is -2.11. The SMILES string of the molecule is Cc1ccc(N)c(Cl)c1Oc1ccc2nc(NC(=O)C3CC3)cn2n1. The maximum Gasteiger partial charge on any atom is 0.237 e. The Morgan fingerprint density at radius 1 is 1.36 bits per heavy atom. The number of fused-ring (bicyclic) bond motifs is 1. The molecular formula is C17H16ClN5O2. The molecule has 1 aromatic carbocycles. The molecule has 0 bridgehead atoms. The third kappa shape index (κ3) is 3.10. The average Bonchev–Trinajstić information content (AvgIpc) is 3.36. The molecule has 1 saturated carbocycles. The van der Waals surface area contributed by atoms with E-state index in [0.29, 0.717) is 33.8 Å². The molecule has 0 unspecified atom stereocenters. The predicted molar refractivity (Wildman–Crippen MR) is 95.0 cm³/mol. The van der Waals surface area contributed by atoms with Gasteiger partial charge in [0.2, 0.25) is 11.8 Å². The molecule has 0 spiro atoms. The fourth-order valence-electron chi connectivity index (χ4n) is 2.45. The first-order valence-electron chi connectivity index (χ1n) is 7.91. The van der Waals surface area contributed by atoms with Crippen molar-refractivity contribution in [1.29, 1.82) is 0 Å². The van der Waals surface area contributed by atoms with Gasteiger partial charge in [0.1, 0.15) is 5.02 Å². The minimum atomic E-state index is 0.00190. The number of hydrogen-bond acceptors (Lipinski definition) is 5.